The number of likely N-dealkylation sites (N-methyl/N-ethyl adjacent to an activating group) is 2. The van der Waals surface area contributed by atoms with Crippen LogP contribution in [0.2, 0.25) is 0 Å². The van der Waals surface area contributed by atoms with Crippen LogP contribution in [0.1, 0.15) is 22.8 Å². The molecule has 1 atom stereocenters. The number of carboxylic acid groups (broad SMARTS) is 1. The number of anilines is 2. The van der Waals surface area contributed by atoms with Crippen molar-refractivity contribution in [2.45, 2.75) is 26.0 Å². The van der Waals surface area contributed by atoms with Gasteiger partial charge in [0.2, 0.25) is 0 Å². The van der Waals surface area contributed by atoms with Crippen molar-refractivity contribution in [3.63, 3.8) is 0 Å². The summed E-state index contributed by atoms with van der Waals surface area (Å²) in [5, 5.41) is 15.0. The van der Waals surface area contributed by atoms with Crippen LogP contribution in [0.15, 0.2) is 42.5 Å². The standard InChI is InChI=1S/C26H32F3N5O5/c1-4-33(12-11-31(2)32(3)15-17-5-7-18(8-6-17)25(36)37)22-10-9-19(13-21(22)27)34-16-20(39-26(34)38)14-30-24(35)23(28)29/h5-10,13,20,23H,4,11-12,14-16H2,1-3H3,(H,30,35)(H,36,37)/t20-/m0/s1. The molecule has 0 radical (unpaired) electrons. The fourth-order valence-electron chi connectivity index (χ4n) is 4.07. The van der Waals surface area contributed by atoms with E-state index in [1.807, 2.05) is 41.3 Å². The van der Waals surface area contributed by atoms with Crippen LogP contribution < -0.4 is 15.1 Å². The maximum absolute atomic E-state index is 15.1. The summed E-state index contributed by atoms with van der Waals surface area (Å²) in [6.45, 7) is 3.77. The third-order valence-corrected chi connectivity index (χ3v) is 6.43. The number of cyclic esters (lactones) is 1. The van der Waals surface area contributed by atoms with Gasteiger partial charge in [0.25, 0.3) is 5.91 Å². The van der Waals surface area contributed by atoms with Gasteiger partial charge in [0.1, 0.15) is 11.9 Å². The zero-order valence-electron chi connectivity index (χ0n) is 21.9. The Labute approximate surface area is 224 Å². The maximum Gasteiger partial charge on any atom is 0.414 e. The van der Waals surface area contributed by atoms with Crippen molar-refractivity contribution in [1.29, 1.82) is 0 Å². The molecule has 1 aliphatic rings. The highest BCUT2D eigenvalue weighted by atomic mass is 19.3. The van der Waals surface area contributed by atoms with Gasteiger partial charge in [-0.05, 0) is 42.8 Å². The van der Waals surface area contributed by atoms with Crippen LogP contribution in [0.4, 0.5) is 29.3 Å². The molecule has 1 saturated heterocycles. The first-order chi connectivity index (χ1) is 18.5. The van der Waals surface area contributed by atoms with Crippen LogP contribution in [-0.2, 0) is 16.1 Å². The summed E-state index contributed by atoms with van der Waals surface area (Å²) in [6, 6.07) is 11.0. The number of carboxylic acids is 1. The molecule has 2 aromatic carbocycles. The number of alkyl halides is 2. The molecule has 2 amide bonds. The molecular formula is C26H32F3N5O5. The molecule has 2 aromatic rings. The lowest BCUT2D eigenvalue weighted by Crippen LogP contribution is -2.41. The summed E-state index contributed by atoms with van der Waals surface area (Å²) >= 11 is 0. The number of hydrazine groups is 1. The fraction of sp³-hybridized carbons (Fsp3) is 0.423. The van der Waals surface area contributed by atoms with Gasteiger partial charge in [0.05, 0.1) is 30.0 Å². The molecule has 10 nitrogen and oxygen atoms in total. The quantitative estimate of drug-likeness (QED) is 0.366. The second-order valence-corrected chi connectivity index (χ2v) is 9.08. The van der Waals surface area contributed by atoms with E-state index in [2.05, 4.69) is 0 Å². The highest BCUT2D eigenvalue weighted by Gasteiger charge is 2.33. The highest BCUT2D eigenvalue weighted by Crippen LogP contribution is 2.28. The summed E-state index contributed by atoms with van der Waals surface area (Å²) in [5.74, 6) is -2.97. The molecular weight excluding hydrogens is 519 g/mol. The smallest absolute Gasteiger partial charge is 0.414 e. The van der Waals surface area contributed by atoms with E-state index in [9.17, 15) is 23.2 Å². The number of hydrogen-bond acceptors (Lipinski definition) is 7. The van der Waals surface area contributed by atoms with Crippen molar-refractivity contribution < 1.29 is 37.4 Å². The number of amides is 2. The Bertz CT molecular complexity index is 1170. The Morgan fingerprint density at radius 2 is 1.82 bits per heavy atom. The van der Waals surface area contributed by atoms with E-state index in [-0.39, 0.29) is 24.3 Å². The SMILES string of the molecule is CCN(CCN(C)N(C)Cc1ccc(C(=O)O)cc1)c1ccc(N2C[C@H](CNC(=O)C(F)F)OC2=O)cc1F. The van der Waals surface area contributed by atoms with E-state index in [0.717, 1.165) is 5.56 Å². The molecule has 1 fully saturated rings. The molecule has 0 aliphatic carbocycles. The monoisotopic (exact) mass is 551 g/mol. The molecule has 0 saturated carbocycles. The van der Waals surface area contributed by atoms with Gasteiger partial charge in [-0.25, -0.2) is 24.0 Å². The van der Waals surface area contributed by atoms with Crippen molar-refractivity contribution in [3.8, 4) is 0 Å². The van der Waals surface area contributed by atoms with Crippen LogP contribution in [0.3, 0.4) is 0 Å². The number of nitrogens with zero attached hydrogens (tertiary/aromatic N) is 4. The summed E-state index contributed by atoms with van der Waals surface area (Å²) in [5.41, 5.74) is 1.78. The average Bonchev–Trinajstić information content (AvgIpc) is 3.28. The number of halogens is 3. The van der Waals surface area contributed by atoms with Gasteiger partial charge in [-0.1, -0.05) is 12.1 Å². The Hall–Kier alpha value is -3.84. The van der Waals surface area contributed by atoms with Gasteiger partial charge < -0.3 is 20.1 Å². The number of carbonyl (C=O) groups excluding carboxylic acids is 2. The summed E-state index contributed by atoms with van der Waals surface area (Å²) in [7, 11) is 3.80. The molecule has 0 bridgehead atoms. The van der Waals surface area contributed by atoms with Crippen molar-refractivity contribution in [1.82, 2.24) is 15.3 Å². The highest BCUT2D eigenvalue weighted by molar-refractivity contribution is 5.90. The number of carbonyl (C=O) groups is 3. The maximum atomic E-state index is 15.1. The van der Waals surface area contributed by atoms with Crippen LogP contribution in [0, 0.1) is 5.82 Å². The first-order valence-electron chi connectivity index (χ1n) is 12.3. The number of hydrogen-bond donors (Lipinski definition) is 2. The van der Waals surface area contributed by atoms with E-state index in [1.165, 1.54) is 11.0 Å². The molecule has 0 spiro atoms. The Balaban J connectivity index is 1.56. The molecule has 39 heavy (non-hydrogen) atoms. The fourth-order valence-corrected chi connectivity index (χ4v) is 4.07. The second kappa shape index (κ2) is 13.3. The average molecular weight is 552 g/mol. The molecule has 1 aliphatic heterocycles. The predicted octanol–water partition coefficient (Wildman–Crippen LogP) is 3.04. The second-order valence-electron chi connectivity index (χ2n) is 9.08. The molecule has 0 unspecified atom stereocenters. The molecule has 212 valence electrons. The Kier molecular flexibility index (Phi) is 10.1. The van der Waals surface area contributed by atoms with Gasteiger partial charge >= 0.3 is 18.5 Å². The lowest BCUT2D eigenvalue weighted by Gasteiger charge is -2.32. The molecule has 13 heteroatoms. The Morgan fingerprint density at radius 1 is 1.13 bits per heavy atom. The molecule has 0 aromatic heterocycles. The van der Waals surface area contributed by atoms with Gasteiger partial charge in [0, 0.05) is 40.3 Å². The van der Waals surface area contributed by atoms with Gasteiger partial charge in [-0.3, -0.25) is 9.69 Å². The minimum atomic E-state index is -3.17. The zero-order valence-corrected chi connectivity index (χ0v) is 21.9. The number of benzene rings is 2. The van der Waals surface area contributed by atoms with Crippen molar-refractivity contribution in [2.75, 3.05) is 56.6 Å². The minimum Gasteiger partial charge on any atom is -0.478 e. The lowest BCUT2D eigenvalue weighted by atomic mass is 10.1. The van der Waals surface area contributed by atoms with Gasteiger partial charge in [0.15, 0.2) is 0 Å². The molecule has 2 N–H and O–H groups in total. The van der Waals surface area contributed by atoms with Crippen LogP contribution in [0.5, 0.6) is 0 Å². The van der Waals surface area contributed by atoms with Crippen LogP contribution >= 0.6 is 0 Å². The lowest BCUT2D eigenvalue weighted by molar-refractivity contribution is -0.132. The zero-order chi connectivity index (χ0) is 28.7. The topological polar surface area (TPSA) is 106 Å². The molecule has 1 heterocycles. The summed E-state index contributed by atoms with van der Waals surface area (Å²) < 4.78 is 45.0. The van der Waals surface area contributed by atoms with Crippen LogP contribution in [0.25, 0.3) is 0 Å². The van der Waals surface area contributed by atoms with E-state index in [1.54, 1.807) is 36.4 Å². The van der Waals surface area contributed by atoms with Gasteiger partial charge in [-0.15, -0.1) is 0 Å². The molecule has 3 rings (SSSR count). The minimum absolute atomic E-state index is 0.0191. The first-order valence-corrected chi connectivity index (χ1v) is 12.3. The summed E-state index contributed by atoms with van der Waals surface area (Å²) in [6.07, 6.45) is -4.76. The number of ether oxygens (including phenoxy) is 1. The predicted molar refractivity (Wildman–Crippen MR) is 138 cm³/mol. The van der Waals surface area contributed by atoms with Crippen molar-refractivity contribution in [3.05, 3.63) is 59.4 Å². The number of rotatable bonds is 13. The number of aromatic carboxylic acids is 1. The van der Waals surface area contributed by atoms with E-state index < -0.39 is 36.3 Å². The van der Waals surface area contributed by atoms with E-state index in [4.69, 9.17) is 9.84 Å². The number of nitrogens with one attached hydrogen (secondary N) is 1. The normalized spacial score (nSPS) is 15.3. The van der Waals surface area contributed by atoms with E-state index >= 15 is 4.39 Å². The summed E-state index contributed by atoms with van der Waals surface area (Å²) in [4.78, 5) is 37.4. The van der Waals surface area contributed by atoms with Gasteiger partial charge in [-0.2, -0.15) is 8.78 Å². The third kappa shape index (κ3) is 7.83. The van der Waals surface area contributed by atoms with Crippen molar-refractivity contribution >= 4 is 29.3 Å². The third-order valence-electron chi connectivity index (χ3n) is 6.43. The van der Waals surface area contributed by atoms with Crippen molar-refractivity contribution in [2.24, 2.45) is 0 Å². The Morgan fingerprint density at radius 3 is 2.41 bits per heavy atom. The van der Waals surface area contributed by atoms with Crippen LogP contribution in [-0.4, -0.2) is 92.4 Å². The first kappa shape index (κ1) is 29.7. The largest absolute Gasteiger partial charge is 0.478 e. The van der Waals surface area contributed by atoms with E-state index in [0.29, 0.717) is 31.9 Å².